The molecule has 0 aliphatic carbocycles. The lowest BCUT2D eigenvalue weighted by Gasteiger charge is -2.23. The van der Waals surface area contributed by atoms with Gasteiger partial charge in [0, 0.05) is 31.7 Å². The fourth-order valence-electron chi connectivity index (χ4n) is 2.79. The van der Waals surface area contributed by atoms with Crippen LogP contribution >= 0.6 is 0 Å². The summed E-state index contributed by atoms with van der Waals surface area (Å²) in [4.78, 5) is 19.1. The first-order chi connectivity index (χ1) is 12.1. The lowest BCUT2D eigenvalue weighted by molar-refractivity contribution is 0.0756. The van der Waals surface area contributed by atoms with E-state index in [2.05, 4.69) is 37.0 Å². The molecule has 0 unspecified atom stereocenters. The first-order valence-electron chi connectivity index (χ1n) is 8.57. The van der Waals surface area contributed by atoms with Crippen LogP contribution in [0.3, 0.4) is 0 Å². The van der Waals surface area contributed by atoms with Crippen LogP contribution in [-0.4, -0.2) is 33.3 Å². The van der Waals surface area contributed by atoms with Gasteiger partial charge < -0.3 is 9.30 Å². The number of rotatable bonds is 6. The molecule has 2 heterocycles. The van der Waals surface area contributed by atoms with Crippen LogP contribution in [0.15, 0.2) is 67.1 Å². The van der Waals surface area contributed by atoms with Gasteiger partial charge in [0.2, 0.25) is 0 Å². The van der Waals surface area contributed by atoms with Crippen LogP contribution in [0.2, 0.25) is 0 Å². The Balaban J connectivity index is 1.76. The Morgan fingerprint density at radius 3 is 2.76 bits per heavy atom. The van der Waals surface area contributed by atoms with Crippen LogP contribution in [0, 0.1) is 5.92 Å². The summed E-state index contributed by atoms with van der Waals surface area (Å²) in [5.41, 5.74) is 2.66. The molecule has 1 aromatic carbocycles. The molecule has 2 aromatic heterocycles. The molecule has 4 nitrogen and oxygen atoms in total. The Hall–Kier alpha value is -2.88. The van der Waals surface area contributed by atoms with Crippen molar-refractivity contribution < 1.29 is 4.79 Å². The Morgan fingerprint density at radius 2 is 2.00 bits per heavy atom. The van der Waals surface area contributed by atoms with Crippen molar-refractivity contribution in [1.29, 1.82) is 0 Å². The van der Waals surface area contributed by atoms with Crippen molar-refractivity contribution in [1.82, 2.24) is 14.3 Å². The van der Waals surface area contributed by atoms with Gasteiger partial charge in [-0.3, -0.25) is 4.79 Å². The first-order valence-corrected chi connectivity index (χ1v) is 8.57. The number of fused-ring (bicyclic) bond motifs is 1. The maximum atomic E-state index is 12.9. The molecule has 0 saturated carbocycles. The number of amides is 1. The zero-order valence-corrected chi connectivity index (χ0v) is 14.7. The standard InChI is InChI=1S/C21H23N3O/c1-17(2)15-24(13-6-9-18-7-4-3-5-8-18)21(25)19-10-11-20-22-12-14-23(20)16-19/h3-12,14,16-17H,13,15H2,1-2H3. The lowest BCUT2D eigenvalue weighted by atomic mass is 10.1. The van der Waals surface area contributed by atoms with Gasteiger partial charge >= 0.3 is 0 Å². The third-order valence-corrected chi connectivity index (χ3v) is 3.94. The Morgan fingerprint density at radius 1 is 1.20 bits per heavy atom. The summed E-state index contributed by atoms with van der Waals surface area (Å²) >= 11 is 0. The number of imidazole rings is 1. The number of carbonyl (C=O) groups excluding carboxylic acids is 1. The number of hydrogen-bond acceptors (Lipinski definition) is 2. The van der Waals surface area contributed by atoms with Crippen LogP contribution in [0.5, 0.6) is 0 Å². The molecule has 0 radical (unpaired) electrons. The Labute approximate surface area is 148 Å². The van der Waals surface area contributed by atoms with E-state index in [-0.39, 0.29) is 5.91 Å². The van der Waals surface area contributed by atoms with Gasteiger partial charge in [0.25, 0.3) is 5.91 Å². The molecule has 4 heteroatoms. The van der Waals surface area contributed by atoms with Crippen LogP contribution in [0.4, 0.5) is 0 Å². The second-order valence-electron chi connectivity index (χ2n) is 6.53. The van der Waals surface area contributed by atoms with E-state index in [0.29, 0.717) is 18.0 Å². The van der Waals surface area contributed by atoms with Gasteiger partial charge in [-0.25, -0.2) is 4.98 Å². The van der Waals surface area contributed by atoms with E-state index in [1.54, 1.807) is 6.20 Å². The number of pyridine rings is 1. The van der Waals surface area contributed by atoms with E-state index >= 15 is 0 Å². The summed E-state index contributed by atoms with van der Waals surface area (Å²) in [6.45, 7) is 5.56. The van der Waals surface area contributed by atoms with Crippen molar-refractivity contribution >= 4 is 17.6 Å². The maximum Gasteiger partial charge on any atom is 0.255 e. The highest BCUT2D eigenvalue weighted by atomic mass is 16.2. The number of nitrogens with zero attached hydrogens (tertiary/aromatic N) is 3. The fourth-order valence-corrected chi connectivity index (χ4v) is 2.79. The van der Waals surface area contributed by atoms with E-state index in [1.165, 1.54) is 0 Å². The summed E-state index contributed by atoms with van der Waals surface area (Å²) in [5, 5.41) is 0. The molecule has 0 aliphatic heterocycles. The smallest absolute Gasteiger partial charge is 0.255 e. The van der Waals surface area contributed by atoms with Crippen molar-refractivity contribution in [2.45, 2.75) is 13.8 Å². The third-order valence-electron chi connectivity index (χ3n) is 3.94. The minimum atomic E-state index is 0.0435. The van der Waals surface area contributed by atoms with E-state index < -0.39 is 0 Å². The SMILES string of the molecule is CC(C)CN(CC=Cc1ccccc1)C(=O)c1ccc2nccn2c1. The minimum Gasteiger partial charge on any atom is -0.335 e. The van der Waals surface area contributed by atoms with Gasteiger partial charge in [0.05, 0.1) is 5.56 Å². The van der Waals surface area contributed by atoms with Crippen molar-refractivity contribution in [2.24, 2.45) is 5.92 Å². The van der Waals surface area contributed by atoms with Crippen molar-refractivity contribution in [3.8, 4) is 0 Å². The zero-order chi connectivity index (χ0) is 17.6. The second-order valence-corrected chi connectivity index (χ2v) is 6.53. The quantitative estimate of drug-likeness (QED) is 0.680. The molecular formula is C21H23N3O. The van der Waals surface area contributed by atoms with Crippen molar-refractivity contribution in [2.75, 3.05) is 13.1 Å². The van der Waals surface area contributed by atoms with E-state index in [4.69, 9.17) is 0 Å². The highest BCUT2D eigenvalue weighted by molar-refractivity contribution is 5.94. The summed E-state index contributed by atoms with van der Waals surface area (Å²) in [7, 11) is 0. The van der Waals surface area contributed by atoms with Gasteiger partial charge in [-0.2, -0.15) is 0 Å². The highest BCUT2D eigenvalue weighted by Gasteiger charge is 2.16. The molecule has 25 heavy (non-hydrogen) atoms. The second kappa shape index (κ2) is 7.79. The summed E-state index contributed by atoms with van der Waals surface area (Å²) in [6, 6.07) is 13.8. The normalized spacial score (nSPS) is 11.5. The van der Waals surface area contributed by atoms with Gasteiger partial charge in [-0.15, -0.1) is 0 Å². The monoisotopic (exact) mass is 333 g/mol. The van der Waals surface area contributed by atoms with Gasteiger partial charge in [0.1, 0.15) is 5.65 Å². The molecule has 3 aromatic rings. The molecule has 0 aliphatic rings. The number of carbonyl (C=O) groups is 1. The van der Waals surface area contributed by atoms with Gasteiger partial charge in [0.15, 0.2) is 0 Å². The number of hydrogen-bond donors (Lipinski definition) is 0. The Kier molecular flexibility index (Phi) is 5.29. The van der Waals surface area contributed by atoms with Gasteiger partial charge in [-0.1, -0.05) is 56.3 Å². The molecule has 0 saturated heterocycles. The summed E-state index contributed by atoms with van der Waals surface area (Å²) in [6.07, 6.45) is 9.54. The average molecular weight is 333 g/mol. The van der Waals surface area contributed by atoms with Crippen LogP contribution in [-0.2, 0) is 0 Å². The van der Waals surface area contributed by atoms with Crippen LogP contribution < -0.4 is 0 Å². The lowest BCUT2D eigenvalue weighted by Crippen LogP contribution is -2.34. The van der Waals surface area contributed by atoms with E-state index in [9.17, 15) is 4.79 Å². The van der Waals surface area contributed by atoms with E-state index in [0.717, 1.165) is 17.8 Å². The largest absolute Gasteiger partial charge is 0.335 e. The molecule has 128 valence electrons. The summed E-state index contributed by atoms with van der Waals surface area (Å²) < 4.78 is 1.88. The zero-order valence-electron chi connectivity index (χ0n) is 14.7. The predicted molar refractivity (Wildman–Crippen MR) is 101 cm³/mol. The average Bonchev–Trinajstić information content (AvgIpc) is 3.08. The van der Waals surface area contributed by atoms with Gasteiger partial charge in [-0.05, 0) is 23.6 Å². The maximum absolute atomic E-state index is 12.9. The molecule has 1 amide bonds. The highest BCUT2D eigenvalue weighted by Crippen LogP contribution is 2.11. The molecular weight excluding hydrogens is 310 g/mol. The molecule has 0 atom stereocenters. The van der Waals surface area contributed by atoms with Crippen LogP contribution in [0.25, 0.3) is 11.7 Å². The molecule has 0 N–H and O–H groups in total. The minimum absolute atomic E-state index is 0.0435. The van der Waals surface area contributed by atoms with Crippen molar-refractivity contribution in [3.63, 3.8) is 0 Å². The van der Waals surface area contributed by atoms with Crippen LogP contribution in [0.1, 0.15) is 29.8 Å². The van der Waals surface area contributed by atoms with Crippen molar-refractivity contribution in [3.05, 3.63) is 78.3 Å². The third kappa shape index (κ3) is 4.35. The molecule has 0 bridgehead atoms. The first kappa shape index (κ1) is 17.0. The molecule has 3 rings (SSSR count). The number of aromatic nitrogens is 2. The van der Waals surface area contributed by atoms with E-state index in [1.807, 2.05) is 58.1 Å². The molecule has 0 spiro atoms. The Bertz CT molecular complexity index is 865. The fraction of sp³-hybridized carbons (Fsp3) is 0.238. The number of benzene rings is 1. The molecule has 0 fully saturated rings. The predicted octanol–water partition coefficient (Wildman–Crippen LogP) is 4.15. The summed E-state index contributed by atoms with van der Waals surface area (Å²) in [5.74, 6) is 0.452. The topological polar surface area (TPSA) is 37.6 Å².